The van der Waals surface area contributed by atoms with E-state index in [1.807, 2.05) is 6.07 Å². The van der Waals surface area contributed by atoms with Crippen molar-refractivity contribution >= 4 is 39.2 Å². The summed E-state index contributed by atoms with van der Waals surface area (Å²) in [4.78, 5) is 12.5. The maximum atomic E-state index is 12.5. The van der Waals surface area contributed by atoms with Crippen molar-refractivity contribution in [3.63, 3.8) is 0 Å². The number of hydrogen-bond acceptors (Lipinski definition) is 4. The molecule has 1 aliphatic carbocycles. The standard InChI is InChI=1S/C23H36BrClN2O2/c1-2-23(11-7-6-8-12-23)27-17-19-15-18(16-20(24)21(19)26)22(28)29-14-10-5-3-4-9-13-25/h15-16,27H,2-14,17,26H2,1H3. The van der Waals surface area contributed by atoms with Crippen molar-refractivity contribution in [2.75, 3.05) is 18.2 Å². The van der Waals surface area contributed by atoms with Gasteiger partial charge in [-0.1, -0.05) is 45.4 Å². The Bertz CT molecular complexity index is 648. The zero-order valence-corrected chi connectivity index (χ0v) is 20.0. The molecule has 3 N–H and O–H groups in total. The first-order valence-electron chi connectivity index (χ1n) is 11.1. The highest BCUT2D eigenvalue weighted by Gasteiger charge is 2.29. The van der Waals surface area contributed by atoms with Crippen LogP contribution in [0.15, 0.2) is 16.6 Å². The van der Waals surface area contributed by atoms with E-state index in [-0.39, 0.29) is 11.5 Å². The lowest BCUT2D eigenvalue weighted by atomic mass is 9.79. The number of nitrogens with one attached hydrogen (secondary N) is 1. The van der Waals surface area contributed by atoms with Crippen molar-refractivity contribution in [3.8, 4) is 0 Å². The molecule has 6 heteroatoms. The van der Waals surface area contributed by atoms with Crippen LogP contribution in [0, 0.1) is 0 Å². The van der Waals surface area contributed by atoms with Crippen LogP contribution >= 0.6 is 27.5 Å². The van der Waals surface area contributed by atoms with E-state index in [0.717, 1.165) is 54.4 Å². The quantitative estimate of drug-likeness (QED) is 0.151. The van der Waals surface area contributed by atoms with E-state index in [2.05, 4.69) is 28.2 Å². The number of anilines is 1. The highest BCUT2D eigenvalue weighted by atomic mass is 79.9. The first-order chi connectivity index (χ1) is 14.0. The van der Waals surface area contributed by atoms with Gasteiger partial charge in [0, 0.05) is 22.4 Å². The van der Waals surface area contributed by atoms with Crippen molar-refractivity contribution in [2.45, 2.75) is 89.6 Å². The van der Waals surface area contributed by atoms with Crippen LogP contribution in [-0.4, -0.2) is 24.0 Å². The second-order valence-electron chi connectivity index (χ2n) is 8.17. The van der Waals surface area contributed by atoms with Gasteiger partial charge in [0.05, 0.1) is 17.9 Å². The van der Waals surface area contributed by atoms with Crippen molar-refractivity contribution in [2.24, 2.45) is 0 Å². The van der Waals surface area contributed by atoms with Crippen molar-refractivity contribution in [1.29, 1.82) is 0 Å². The molecule has 0 heterocycles. The number of ether oxygens (including phenoxy) is 1. The summed E-state index contributed by atoms with van der Waals surface area (Å²) in [5.74, 6) is 0.438. The Labute approximate surface area is 189 Å². The largest absolute Gasteiger partial charge is 0.462 e. The van der Waals surface area contributed by atoms with E-state index in [4.69, 9.17) is 22.1 Å². The molecule has 0 aliphatic heterocycles. The molecule has 0 spiro atoms. The summed E-state index contributed by atoms with van der Waals surface area (Å²) >= 11 is 9.19. The van der Waals surface area contributed by atoms with Gasteiger partial charge in [0.15, 0.2) is 0 Å². The van der Waals surface area contributed by atoms with Crippen molar-refractivity contribution in [3.05, 3.63) is 27.7 Å². The topological polar surface area (TPSA) is 64.3 Å². The minimum atomic E-state index is -0.282. The van der Waals surface area contributed by atoms with Gasteiger partial charge in [-0.2, -0.15) is 0 Å². The Balaban J connectivity index is 1.91. The molecular weight excluding hydrogens is 452 g/mol. The molecule has 0 unspecified atom stereocenters. The molecule has 0 atom stereocenters. The number of esters is 1. The lowest BCUT2D eigenvalue weighted by Crippen LogP contribution is -2.45. The van der Waals surface area contributed by atoms with Gasteiger partial charge in [0.2, 0.25) is 0 Å². The summed E-state index contributed by atoms with van der Waals surface area (Å²) in [5, 5.41) is 3.75. The van der Waals surface area contributed by atoms with E-state index in [9.17, 15) is 4.79 Å². The number of hydrogen-bond donors (Lipinski definition) is 2. The van der Waals surface area contributed by atoms with Gasteiger partial charge in [-0.25, -0.2) is 4.79 Å². The summed E-state index contributed by atoms with van der Waals surface area (Å²) in [6.07, 6.45) is 12.7. The second-order valence-corrected chi connectivity index (χ2v) is 9.40. The Morgan fingerprint density at radius 3 is 2.55 bits per heavy atom. The van der Waals surface area contributed by atoms with E-state index >= 15 is 0 Å². The number of halogens is 2. The van der Waals surface area contributed by atoms with E-state index in [1.54, 1.807) is 6.07 Å². The molecule has 164 valence electrons. The summed E-state index contributed by atoms with van der Waals surface area (Å²) < 4.78 is 6.22. The van der Waals surface area contributed by atoms with Gasteiger partial charge in [-0.3, -0.25) is 0 Å². The Hall–Kier alpha value is -0.780. The van der Waals surface area contributed by atoms with Crippen LogP contribution in [0.5, 0.6) is 0 Å². The van der Waals surface area contributed by atoms with E-state index in [1.165, 1.54) is 32.1 Å². The second kappa shape index (κ2) is 12.8. The monoisotopic (exact) mass is 486 g/mol. The third-order valence-electron chi connectivity index (χ3n) is 6.10. The predicted octanol–water partition coefficient (Wildman–Crippen LogP) is 6.58. The van der Waals surface area contributed by atoms with Gasteiger partial charge in [0.25, 0.3) is 0 Å². The lowest BCUT2D eigenvalue weighted by Gasteiger charge is -2.38. The first-order valence-corrected chi connectivity index (χ1v) is 12.4. The molecular formula is C23H36BrClN2O2. The molecule has 4 nitrogen and oxygen atoms in total. The minimum Gasteiger partial charge on any atom is -0.462 e. The van der Waals surface area contributed by atoms with Crippen LogP contribution < -0.4 is 11.1 Å². The molecule has 1 saturated carbocycles. The zero-order valence-electron chi connectivity index (χ0n) is 17.7. The molecule has 1 aromatic carbocycles. The zero-order chi connectivity index (χ0) is 21.1. The SMILES string of the molecule is CCC1(NCc2cc(C(=O)OCCCCCCCCl)cc(Br)c2N)CCCCC1. The van der Waals surface area contributed by atoms with Crippen LogP contribution in [0.25, 0.3) is 0 Å². The van der Waals surface area contributed by atoms with Gasteiger partial charge in [0.1, 0.15) is 0 Å². The van der Waals surface area contributed by atoms with Crippen molar-refractivity contribution < 1.29 is 9.53 Å². The molecule has 0 saturated heterocycles. The van der Waals surface area contributed by atoms with Crippen molar-refractivity contribution in [1.82, 2.24) is 5.32 Å². The van der Waals surface area contributed by atoms with Gasteiger partial charge in [-0.05, 0) is 65.7 Å². The van der Waals surface area contributed by atoms with Crippen LogP contribution in [0.3, 0.4) is 0 Å². The average molecular weight is 488 g/mol. The molecule has 1 aromatic rings. The van der Waals surface area contributed by atoms with Gasteiger partial charge in [-0.15, -0.1) is 11.6 Å². The molecule has 1 aliphatic rings. The fraction of sp³-hybridized carbons (Fsp3) is 0.696. The van der Waals surface area contributed by atoms with E-state index < -0.39 is 0 Å². The molecule has 0 bridgehead atoms. The predicted molar refractivity (Wildman–Crippen MR) is 126 cm³/mol. The minimum absolute atomic E-state index is 0.192. The number of rotatable bonds is 12. The Kier molecular flexibility index (Phi) is 10.8. The molecule has 29 heavy (non-hydrogen) atoms. The average Bonchev–Trinajstić information content (AvgIpc) is 2.74. The maximum absolute atomic E-state index is 12.5. The fourth-order valence-corrected chi connectivity index (χ4v) is 4.77. The van der Waals surface area contributed by atoms with Gasteiger partial charge < -0.3 is 15.8 Å². The van der Waals surface area contributed by atoms with Crippen LogP contribution in [-0.2, 0) is 11.3 Å². The first kappa shape index (κ1) is 24.5. The lowest BCUT2D eigenvalue weighted by molar-refractivity contribution is 0.0497. The number of alkyl halides is 1. The number of carbonyl (C=O) groups is 1. The maximum Gasteiger partial charge on any atom is 0.338 e. The highest BCUT2D eigenvalue weighted by Crippen LogP contribution is 2.32. The number of nitrogens with two attached hydrogens (primary N) is 1. The smallest absolute Gasteiger partial charge is 0.338 e. The third kappa shape index (κ3) is 7.76. The summed E-state index contributed by atoms with van der Waals surface area (Å²) in [5.41, 5.74) is 8.67. The summed E-state index contributed by atoms with van der Waals surface area (Å²) in [7, 11) is 0. The fourth-order valence-electron chi connectivity index (χ4n) is 4.08. The van der Waals surface area contributed by atoms with Crippen LogP contribution in [0.4, 0.5) is 5.69 Å². The Morgan fingerprint density at radius 1 is 1.17 bits per heavy atom. The van der Waals surface area contributed by atoms with Gasteiger partial charge >= 0.3 is 5.97 Å². The number of unbranched alkanes of at least 4 members (excludes halogenated alkanes) is 4. The molecule has 0 amide bonds. The third-order valence-corrected chi connectivity index (χ3v) is 7.03. The number of benzene rings is 1. The van der Waals surface area contributed by atoms with Crippen LogP contribution in [0.1, 0.15) is 93.5 Å². The molecule has 2 rings (SSSR count). The summed E-state index contributed by atoms with van der Waals surface area (Å²) in [6.45, 7) is 3.37. The van der Waals surface area contributed by atoms with Crippen LogP contribution in [0.2, 0.25) is 0 Å². The Morgan fingerprint density at radius 2 is 1.86 bits per heavy atom. The molecule has 0 aromatic heterocycles. The molecule has 0 radical (unpaired) electrons. The molecule has 1 fully saturated rings. The number of nitrogen functional groups attached to an aromatic ring is 1. The normalized spacial score (nSPS) is 16.0. The highest BCUT2D eigenvalue weighted by molar-refractivity contribution is 9.10. The van der Waals surface area contributed by atoms with E-state index in [0.29, 0.717) is 24.4 Å². The number of carbonyl (C=O) groups excluding carboxylic acids is 1. The summed E-state index contributed by atoms with van der Waals surface area (Å²) in [6, 6.07) is 3.64.